The van der Waals surface area contributed by atoms with Crippen molar-refractivity contribution in [3.8, 4) is 0 Å². The molecule has 0 aliphatic carbocycles. The fourth-order valence-corrected chi connectivity index (χ4v) is 3.30. The zero-order valence-electron chi connectivity index (χ0n) is 13.9. The van der Waals surface area contributed by atoms with Crippen LogP contribution in [0, 0.1) is 0 Å². The van der Waals surface area contributed by atoms with Crippen molar-refractivity contribution in [3.63, 3.8) is 0 Å². The van der Waals surface area contributed by atoms with Crippen LogP contribution < -0.4 is 4.79 Å². The van der Waals surface area contributed by atoms with Gasteiger partial charge in [-0.15, -0.1) is 4.71 Å². The van der Waals surface area contributed by atoms with Gasteiger partial charge < -0.3 is 0 Å². The molecule has 2 bridgehead atoms. The zero-order valence-corrected chi connectivity index (χ0v) is 14.8. The molecule has 4 rings (SSSR count). The number of rotatable bonds is 1. The number of hydrogen-bond donors (Lipinski definition) is 1. The van der Waals surface area contributed by atoms with Gasteiger partial charge in [0.15, 0.2) is 0 Å². The molecule has 1 aromatic heterocycles. The Morgan fingerprint density at radius 3 is 1.71 bits per heavy atom. The van der Waals surface area contributed by atoms with Crippen LogP contribution in [0.4, 0.5) is 35.3 Å². The Hall–Kier alpha value is -1.58. The molecule has 1 N–H and O–H groups in total. The predicted molar refractivity (Wildman–Crippen MR) is 75.4 cm³/mol. The Kier molecular flexibility index (Phi) is 5.96. The quantitative estimate of drug-likeness (QED) is 0.408. The summed E-state index contributed by atoms with van der Waals surface area (Å²) >= 11 is 0. The number of fused-ring (bicyclic) bond motifs is 3. The summed E-state index contributed by atoms with van der Waals surface area (Å²) in [5, 5.41) is -2.17. The van der Waals surface area contributed by atoms with Gasteiger partial charge in [0, 0.05) is 12.1 Å². The molecule has 0 radical (unpaired) electrons. The molecule has 3 saturated heterocycles. The molecule has 0 amide bonds. The number of pyridine rings is 1. The van der Waals surface area contributed by atoms with E-state index in [0.717, 1.165) is 39.3 Å². The topological polar surface area (TPSA) is 61.5 Å². The van der Waals surface area contributed by atoms with Gasteiger partial charge in [-0.2, -0.15) is 34.8 Å². The molecule has 6 nitrogen and oxygen atoms in total. The molecule has 160 valence electrons. The van der Waals surface area contributed by atoms with Gasteiger partial charge in [0.25, 0.3) is 0 Å². The summed E-state index contributed by atoms with van der Waals surface area (Å²) in [6.45, 7) is 5.07. The summed E-state index contributed by atoms with van der Waals surface area (Å²) in [6.07, 6.45) is -10.9. The van der Waals surface area contributed by atoms with E-state index in [0.29, 0.717) is 0 Å². The molecule has 1 aromatic rings. The van der Waals surface area contributed by atoms with Crippen LogP contribution in [0.25, 0.3) is 0 Å². The van der Waals surface area contributed by atoms with Crippen molar-refractivity contribution < 1.29 is 57.8 Å². The third-order valence-corrected chi connectivity index (χ3v) is 5.12. The Balaban J connectivity index is 0.000000255. The van der Waals surface area contributed by atoms with E-state index in [1.54, 1.807) is 0 Å². The molecule has 28 heavy (non-hydrogen) atoms. The number of nitrogens with zero attached hydrogens (tertiary/aromatic N) is 3. The summed E-state index contributed by atoms with van der Waals surface area (Å²) in [5.41, 5.74) is -4.59. The van der Waals surface area contributed by atoms with Gasteiger partial charge in [-0.3, -0.25) is 9.45 Å². The first-order chi connectivity index (χ1) is 12.5. The van der Waals surface area contributed by atoms with E-state index in [4.69, 9.17) is 4.55 Å². The van der Waals surface area contributed by atoms with Crippen molar-refractivity contribution in [3.05, 3.63) is 23.4 Å². The average Bonchev–Trinajstić information content (AvgIpc) is 2.53. The largest absolute Gasteiger partial charge is 0.481 e. The smallest absolute Gasteiger partial charge is 0.286 e. The van der Waals surface area contributed by atoms with Gasteiger partial charge >= 0.3 is 33.2 Å². The van der Waals surface area contributed by atoms with Crippen LogP contribution in [0.5, 0.6) is 0 Å². The molecular formula is C13H15F8N3O3S+2. The maximum absolute atomic E-state index is 13.3. The lowest BCUT2D eigenvalue weighted by Gasteiger charge is -2.41. The summed E-state index contributed by atoms with van der Waals surface area (Å²) in [6, 6.07) is -1.07. The van der Waals surface area contributed by atoms with Crippen LogP contribution in [0.2, 0.25) is 0 Å². The van der Waals surface area contributed by atoms with Gasteiger partial charge in [0.05, 0.1) is 34.5 Å². The number of quaternary nitrogens is 1. The molecule has 0 aromatic carbocycles. The van der Waals surface area contributed by atoms with Crippen LogP contribution >= 0.6 is 0 Å². The Labute approximate surface area is 153 Å². The highest BCUT2D eigenvalue weighted by atomic mass is 32.2. The monoisotopic (exact) mass is 445 g/mol. The van der Waals surface area contributed by atoms with E-state index in [1.807, 2.05) is 0 Å². The van der Waals surface area contributed by atoms with E-state index in [9.17, 15) is 43.7 Å². The lowest BCUT2D eigenvalue weighted by Crippen LogP contribution is -2.62. The van der Waals surface area contributed by atoms with Gasteiger partial charge in [-0.05, 0) is 4.48 Å². The highest BCUT2D eigenvalue weighted by Gasteiger charge is 2.49. The molecule has 0 unspecified atom stereocenters. The van der Waals surface area contributed by atoms with E-state index in [2.05, 4.69) is 4.90 Å². The molecule has 3 aliphatic heterocycles. The highest BCUT2D eigenvalue weighted by Crippen LogP contribution is 2.34. The van der Waals surface area contributed by atoms with Crippen molar-refractivity contribution in [1.82, 2.24) is 4.90 Å². The summed E-state index contributed by atoms with van der Waals surface area (Å²) in [5.74, 6) is 0. The van der Waals surface area contributed by atoms with Crippen molar-refractivity contribution >= 4 is 10.1 Å². The Morgan fingerprint density at radius 1 is 0.964 bits per heavy atom. The molecule has 3 fully saturated rings. The van der Waals surface area contributed by atoms with Crippen LogP contribution in [-0.4, -0.2) is 61.8 Å². The molecule has 0 atom stereocenters. The fourth-order valence-electron chi connectivity index (χ4n) is 2.72. The highest BCUT2D eigenvalue weighted by molar-refractivity contribution is 7.85. The standard InChI is InChI=1S/C7H2F7NO3S.C6H12FN2/c8-6(9,10)3-1-4(7(11,12)13)15(14)5(2-3)19(16,17)18;7-9-4-1-8(2-5-9)3-6-9/h1-2H;1-6H2/q;+1/p+1. The minimum absolute atomic E-state index is 0.156. The second kappa shape index (κ2) is 7.35. The van der Waals surface area contributed by atoms with E-state index in [-0.39, 0.29) is 4.71 Å². The van der Waals surface area contributed by atoms with Gasteiger partial charge in [0.2, 0.25) is 0 Å². The first-order valence-electron chi connectivity index (χ1n) is 7.69. The SMILES string of the molecule is F[N+]12CCN(CC1)CC2.O=S(=O)(O)c1cc(C(F)(F)F)cc(C(F)(F)F)[n+]1F. The third kappa shape index (κ3) is 5.27. The number of piperazine rings is 3. The molecule has 0 spiro atoms. The van der Waals surface area contributed by atoms with Crippen LogP contribution in [0.1, 0.15) is 11.3 Å². The number of alkyl halides is 6. The Morgan fingerprint density at radius 2 is 1.43 bits per heavy atom. The van der Waals surface area contributed by atoms with Crippen molar-refractivity contribution in [2.24, 2.45) is 0 Å². The number of halogens is 8. The van der Waals surface area contributed by atoms with Crippen LogP contribution in [0.3, 0.4) is 0 Å². The minimum atomic E-state index is -5.61. The first kappa shape index (κ1) is 22.7. The van der Waals surface area contributed by atoms with Crippen LogP contribution in [0.15, 0.2) is 17.2 Å². The minimum Gasteiger partial charge on any atom is -0.286 e. The average molecular weight is 445 g/mol. The summed E-state index contributed by atoms with van der Waals surface area (Å²) in [4.78, 5) is 0.754. The van der Waals surface area contributed by atoms with Crippen molar-refractivity contribution in [2.45, 2.75) is 17.4 Å². The van der Waals surface area contributed by atoms with Crippen molar-refractivity contribution in [1.29, 1.82) is 0 Å². The van der Waals surface area contributed by atoms with Gasteiger partial charge in [0.1, 0.15) is 19.6 Å². The van der Waals surface area contributed by atoms with Gasteiger partial charge in [-0.25, -0.2) is 0 Å². The first-order valence-corrected chi connectivity index (χ1v) is 9.13. The number of aromatic nitrogens is 1. The third-order valence-electron chi connectivity index (χ3n) is 4.31. The van der Waals surface area contributed by atoms with Crippen LogP contribution in [-0.2, 0) is 22.5 Å². The lowest BCUT2D eigenvalue weighted by molar-refractivity contribution is -1.07. The fraction of sp³-hybridized carbons (Fsp3) is 0.615. The van der Waals surface area contributed by atoms with E-state index < -0.39 is 55.7 Å². The molecular weight excluding hydrogens is 430 g/mol. The maximum Gasteiger partial charge on any atom is 0.481 e. The number of hydrogen-bond acceptors (Lipinski definition) is 3. The predicted octanol–water partition coefficient (Wildman–Crippen LogP) is 2.01. The molecule has 4 heterocycles. The molecule has 0 saturated carbocycles. The van der Waals surface area contributed by atoms with E-state index >= 15 is 0 Å². The molecule has 3 aliphatic rings. The second-order valence-corrected chi connectivity index (χ2v) is 7.63. The summed E-state index contributed by atoms with van der Waals surface area (Å²) < 4.78 is 129. The lowest BCUT2D eigenvalue weighted by atomic mass is 10.2. The molecule has 15 heteroatoms. The summed E-state index contributed by atoms with van der Waals surface area (Å²) in [7, 11) is -5.61. The van der Waals surface area contributed by atoms with E-state index in [1.165, 1.54) is 0 Å². The Bertz CT molecular complexity index is 819. The zero-order chi connectivity index (χ0) is 21.5. The maximum atomic E-state index is 13.3. The second-order valence-electron chi connectivity index (χ2n) is 6.26. The normalized spacial score (nSPS) is 25.2. The van der Waals surface area contributed by atoms with Crippen molar-refractivity contribution in [2.75, 3.05) is 39.3 Å². The van der Waals surface area contributed by atoms with Gasteiger partial charge in [-0.1, -0.05) is 0 Å².